The second-order valence-electron chi connectivity index (χ2n) is 10.1. The lowest BCUT2D eigenvalue weighted by molar-refractivity contribution is -0.384. The molecule has 0 bridgehead atoms. The molecule has 1 spiro atoms. The number of nitrogens with one attached hydrogen (secondary N) is 1. The van der Waals surface area contributed by atoms with Crippen LogP contribution < -0.4 is 14.8 Å². The van der Waals surface area contributed by atoms with E-state index in [9.17, 15) is 24.1 Å². The van der Waals surface area contributed by atoms with Crippen molar-refractivity contribution in [2.24, 2.45) is 5.92 Å². The van der Waals surface area contributed by atoms with Gasteiger partial charge in [0.05, 0.1) is 10.8 Å². The molecular weight excluding hydrogens is 493 g/mol. The fourth-order valence-corrected chi connectivity index (χ4v) is 6.95. The molecule has 192 valence electrons. The molecule has 4 heterocycles. The molecule has 4 aliphatic rings. The highest BCUT2D eigenvalue weighted by molar-refractivity contribution is 6.12. The predicted molar refractivity (Wildman–Crippen MR) is 133 cm³/mol. The highest BCUT2D eigenvalue weighted by Crippen LogP contribution is 2.61. The topological polar surface area (TPSA) is 111 Å². The van der Waals surface area contributed by atoms with Crippen LogP contribution in [0.25, 0.3) is 0 Å². The summed E-state index contributed by atoms with van der Waals surface area (Å²) in [5, 5.41) is 14.2. The van der Waals surface area contributed by atoms with Gasteiger partial charge < -0.3 is 14.8 Å². The molecule has 3 unspecified atom stereocenters. The number of nitrogens with zero attached hydrogens (tertiary/aromatic N) is 2. The molecule has 2 saturated heterocycles. The van der Waals surface area contributed by atoms with E-state index in [0.29, 0.717) is 34.9 Å². The van der Waals surface area contributed by atoms with Crippen LogP contribution in [0.1, 0.15) is 40.2 Å². The van der Waals surface area contributed by atoms with E-state index in [1.54, 1.807) is 30.3 Å². The van der Waals surface area contributed by atoms with Crippen LogP contribution in [0.3, 0.4) is 0 Å². The number of rotatable bonds is 4. The molecule has 10 heteroatoms. The SMILES string of the molecule is O=C(c1ccc2c(c1)OCO2)C1C(c2ccc([N+](=O)[O-])cc2)C2CCCN2[C@@]12C(=O)Nc1ccc(F)cc12. The minimum Gasteiger partial charge on any atom is -0.454 e. The van der Waals surface area contributed by atoms with E-state index in [-0.39, 0.29) is 30.2 Å². The number of nitro benzene ring substituents is 1. The van der Waals surface area contributed by atoms with Gasteiger partial charge in [0.2, 0.25) is 12.7 Å². The molecular formula is C28H22FN3O6. The third-order valence-corrected chi connectivity index (χ3v) is 8.39. The van der Waals surface area contributed by atoms with E-state index < -0.39 is 28.1 Å². The van der Waals surface area contributed by atoms with Crippen molar-refractivity contribution in [3.63, 3.8) is 0 Å². The molecule has 1 amide bonds. The molecule has 0 aromatic heterocycles. The molecule has 7 rings (SSSR count). The Morgan fingerprint density at radius 1 is 1.08 bits per heavy atom. The van der Waals surface area contributed by atoms with Gasteiger partial charge in [-0.1, -0.05) is 12.1 Å². The Balaban J connectivity index is 1.45. The first-order chi connectivity index (χ1) is 18.4. The summed E-state index contributed by atoms with van der Waals surface area (Å²) >= 11 is 0. The zero-order valence-corrected chi connectivity index (χ0v) is 20.1. The number of hydrogen-bond donors (Lipinski definition) is 1. The van der Waals surface area contributed by atoms with Gasteiger partial charge in [-0.15, -0.1) is 0 Å². The van der Waals surface area contributed by atoms with Gasteiger partial charge in [0.15, 0.2) is 17.3 Å². The van der Waals surface area contributed by atoms with Crippen LogP contribution >= 0.6 is 0 Å². The molecule has 9 nitrogen and oxygen atoms in total. The minimum atomic E-state index is -1.43. The third-order valence-electron chi connectivity index (χ3n) is 8.39. The number of nitro groups is 1. The van der Waals surface area contributed by atoms with Gasteiger partial charge in [-0.25, -0.2) is 4.39 Å². The quantitative estimate of drug-likeness (QED) is 0.312. The average Bonchev–Trinajstić information content (AvgIpc) is 3.68. The van der Waals surface area contributed by atoms with Crippen LogP contribution in [0, 0.1) is 21.8 Å². The van der Waals surface area contributed by atoms with Crippen LogP contribution in [-0.4, -0.2) is 40.9 Å². The summed E-state index contributed by atoms with van der Waals surface area (Å²) < 4.78 is 25.6. The first-order valence-corrected chi connectivity index (χ1v) is 12.5. The lowest BCUT2D eigenvalue weighted by Gasteiger charge is -2.36. The zero-order chi connectivity index (χ0) is 26.2. The third kappa shape index (κ3) is 3.00. The molecule has 0 aliphatic carbocycles. The van der Waals surface area contributed by atoms with E-state index in [2.05, 4.69) is 10.2 Å². The van der Waals surface area contributed by atoms with Gasteiger partial charge >= 0.3 is 0 Å². The van der Waals surface area contributed by atoms with Gasteiger partial charge in [-0.3, -0.25) is 24.6 Å². The molecule has 2 fully saturated rings. The zero-order valence-electron chi connectivity index (χ0n) is 20.1. The summed E-state index contributed by atoms with van der Waals surface area (Å²) in [4.78, 5) is 41.4. The van der Waals surface area contributed by atoms with Gasteiger partial charge in [0.25, 0.3) is 5.69 Å². The van der Waals surface area contributed by atoms with Crippen LogP contribution in [0.15, 0.2) is 60.7 Å². The number of fused-ring (bicyclic) bond motifs is 5. The van der Waals surface area contributed by atoms with E-state index in [0.717, 1.165) is 18.4 Å². The highest BCUT2D eigenvalue weighted by Gasteiger charge is 2.69. The second kappa shape index (κ2) is 8.09. The van der Waals surface area contributed by atoms with Crippen molar-refractivity contribution < 1.29 is 28.4 Å². The standard InChI is InChI=1S/C28H22FN3O6/c29-17-6-9-20-19(13-17)28(27(34)30-20)25(26(33)16-5-10-22-23(12-16)38-14-37-22)24(21-2-1-11-31(21)28)15-3-7-18(8-4-15)32(35)36/h3-10,12-13,21,24-25H,1-2,11,14H2,(H,30,34)/t21?,24?,25?,28-/m1/s1. The number of carbonyl (C=O) groups excluding carboxylic acids is 2. The van der Waals surface area contributed by atoms with Crippen molar-refractivity contribution in [1.29, 1.82) is 0 Å². The first kappa shape index (κ1) is 22.9. The maximum Gasteiger partial charge on any atom is 0.269 e. The van der Waals surface area contributed by atoms with E-state index in [1.165, 1.54) is 30.3 Å². The number of halogens is 1. The van der Waals surface area contributed by atoms with Crippen LogP contribution in [0.5, 0.6) is 11.5 Å². The Kier molecular flexibility index (Phi) is 4.87. The van der Waals surface area contributed by atoms with Crippen molar-refractivity contribution in [3.05, 3.63) is 93.3 Å². The predicted octanol–water partition coefficient (Wildman–Crippen LogP) is 4.37. The number of ketones is 1. The maximum atomic E-state index is 14.7. The lowest BCUT2D eigenvalue weighted by Crippen LogP contribution is -2.52. The summed E-state index contributed by atoms with van der Waals surface area (Å²) in [5.74, 6) is -1.56. The van der Waals surface area contributed by atoms with Crippen LogP contribution in [0.2, 0.25) is 0 Å². The molecule has 3 aromatic carbocycles. The molecule has 0 radical (unpaired) electrons. The molecule has 0 saturated carbocycles. The number of anilines is 1. The minimum absolute atomic E-state index is 0.0523. The number of hydrogen-bond acceptors (Lipinski definition) is 7. The van der Waals surface area contributed by atoms with Crippen molar-refractivity contribution in [3.8, 4) is 11.5 Å². The van der Waals surface area contributed by atoms with Gasteiger partial charge in [-0.05, 0) is 61.3 Å². The molecule has 1 N–H and O–H groups in total. The smallest absolute Gasteiger partial charge is 0.269 e. The first-order valence-electron chi connectivity index (χ1n) is 12.5. The Bertz CT molecular complexity index is 1530. The molecule has 38 heavy (non-hydrogen) atoms. The van der Waals surface area contributed by atoms with Gasteiger partial charge in [0, 0.05) is 40.9 Å². The molecule has 4 atom stereocenters. The van der Waals surface area contributed by atoms with Crippen LogP contribution in [-0.2, 0) is 10.3 Å². The fourth-order valence-electron chi connectivity index (χ4n) is 6.95. The van der Waals surface area contributed by atoms with E-state index in [4.69, 9.17) is 9.47 Å². The Labute approximate surface area is 216 Å². The second-order valence-corrected chi connectivity index (χ2v) is 10.1. The monoisotopic (exact) mass is 515 g/mol. The van der Waals surface area contributed by atoms with Crippen LogP contribution in [0.4, 0.5) is 15.8 Å². The summed E-state index contributed by atoms with van der Waals surface area (Å²) in [6.45, 7) is 0.610. The summed E-state index contributed by atoms with van der Waals surface area (Å²) in [5.41, 5.74) is 0.506. The molecule has 4 aliphatic heterocycles. The summed E-state index contributed by atoms with van der Waals surface area (Å²) in [6, 6.07) is 15.1. The average molecular weight is 515 g/mol. The van der Waals surface area contributed by atoms with Gasteiger partial charge in [0.1, 0.15) is 11.4 Å². The molecule has 3 aromatic rings. The maximum absolute atomic E-state index is 14.7. The highest BCUT2D eigenvalue weighted by atomic mass is 19.1. The van der Waals surface area contributed by atoms with Crippen molar-refractivity contribution in [1.82, 2.24) is 4.90 Å². The van der Waals surface area contributed by atoms with Gasteiger partial charge in [-0.2, -0.15) is 0 Å². The van der Waals surface area contributed by atoms with Crippen molar-refractivity contribution in [2.75, 3.05) is 18.7 Å². The number of amides is 1. The van der Waals surface area contributed by atoms with Crippen molar-refractivity contribution in [2.45, 2.75) is 30.3 Å². The van der Waals surface area contributed by atoms with E-state index >= 15 is 0 Å². The normalized spacial score (nSPS) is 26.9. The summed E-state index contributed by atoms with van der Waals surface area (Å²) in [6.07, 6.45) is 1.53. The number of benzene rings is 3. The number of ether oxygens (including phenoxy) is 2. The Morgan fingerprint density at radius 3 is 2.66 bits per heavy atom. The lowest BCUT2D eigenvalue weighted by atomic mass is 9.68. The largest absolute Gasteiger partial charge is 0.454 e. The number of carbonyl (C=O) groups is 2. The number of non-ortho nitro benzene ring substituents is 1. The Hall–Kier alpha value is -4.31. The fraction of sp³-hybridized carbons (Fsp3) is 0.286. The van der Waals surface area contributed by atoms with E-state index in [1.807, 2.05) is 0 Å². The number of Topliss-reactive ketones (excluding diaryl/α,β-unsaturated/α-hetero) is 1. The summed E-state index contributed by atoms with van der Waals surface area (Å²) in [7, 11) is 0. The Morgan fingerprint density at radius 2 is 1.87 bits per heavy atom. The van der Waals surface area contributed by atoms with Crippen molar-refractivity contribution >= 4 is 23.1 Å².